The van der Waals surface area contributed by atoms with Crippen LogP contribution in [0, 0.1) is 0 Å². The van der Waals surface area contributed by atoms with Crippen LogP contribution in [0.5, 0.6) is 0 Å². The van der Waals surface area contributed by atoms with Crippen LogP contribution >= 0.6 is 0 Å². The second kappa shape index (κ2) is 8.00. The number of hydrogen-bond donors (Lipinski definition) is 3. The smallest absolute Gasteiger partial charge is 0.395 e. The van der Waals surface area contributed by atoms with Crippen LogP contribution in [0.1, 0.15) is 5.56 Å². The van der Waals surface area contributed by atoms with Gasteiger partial charge in [-0.15, -0.1) is 0 Å². The van der Waals surface area contributed by atoms with Gasteiger partial charge in [-0.3, -0.25) is 4.98 Å². The van der Waals surface area contributed by atoms with Crippen LogP contribution in [0.25, 0.3) is 11.4 Å². The lowest BCUT2D eigenvalue weighted by molar-refractivity contribution is -0.137. The Balaban J connectivity index is 1.94. The zero-order valence-corrected chi connectivity index (χ0v) is 14.0. The number of aromatic nitrogens is 3. The maximum atomic E-state index is 12.9. The van der Waals surface area contributed by atoms with E-state index in [-0.39, 0.29) is 24.8 Å². The number of halogens is 3. The van der Waals surface area contributed by atoms with Crippen LogP contribution < -0.4 is 10.6 Å². The molecule has 0 aliphatic rings. The summed E-state index contributed by atoms with van der Waals surface area (Å²) in [6.07, 6.45) is -2.82. The average molecular weight is 375 g/mol. The molecule has 0 atom stereocenters. The molecule has 6 nitrogen and oxygen atoms in total. The summed E-state index contributed by atoms with van der Waals surface area (Å²) >= 11 is 0. The van der Waals surface area contributed by atoms with Gasteiger partial charge < -0.3 is 15.7 Å². The molecule has 9 heteroatoms. The maximum Gasteiger partial charge on any atom is 0.416 e. The number of aliphatic hydroxyl groups excluding tert-OH is 1. The van der Waals surface area contributed by atoms with Gasteiger partial charge in [0.1, 0.15) is 5.82 Å². The lowest BCUT2D eigenvalue weighted by atomic mass is 10.2. The van der Waals surface area contributed by atoms with Gasteiger partial charge in [0.2, 0.25) is 5.95 Å². The first-order valence-electron chi connectivity index (χ1n) is 8.05. The predicted molar refractivity (Wildman–Crippen MR) is 95.6 cm³/mol. The van der Waals surface area contributed by atoms with Crippen molar-refractivity contribution in [3.05, 3.63) is 60.3 Å². The van der Waals surface area contributed by atoms with E-state index in [1.54, 1.807) is 30.5 Å². The Morgan fingerprint density at radius 3 is 2.52 bits per heavy atom. The van der Waals surface area contributed by atoms with Gasteiger partial charge in [-0.05, 0) is 30.3 Å². The molecular weight excluding hydrogens is 359 g/mol. The van der Waals surface area contributed by atoms with E-state index in [1.807, 2.05) is 0 Å². The molecule has 2 aromatic heterocycles. The molecule has 0 aliphatic carbocycles. The van der Waals surface area contributed by atoms with E-state index in [0.717, 1.165) is 12.1 Å². The highest BCUT2D eigenvalue weighted by atomic mass is 19.4. The molecule has 0 saturated carbocycles. The van der Waals surface area contributed by atoms with Crippen molar-refractivity contribution in [1.29, 1.82) is 0 Å². The minimum atomic E-state index is -4.43. The minimum absolute atomic E-state index is 0.117. The molecule has 3 N–H and O–H groups in total. The van der Waals surface area contributed by atoms with Gasteiger partial charge in [0.15, 0.2) is 0 Å². The van der Waals surface area contributed by atoms with E-state index in [2.05, 4.69) is 25.6 Å². The summed E-state index contributed by atoms with van der Waals surface area (Å²) < 4.78 is 38.7. The van der Waals surface area contributed by atoms with Gasteiger partial charge in [-0.2, -0.15) is 18.2 Å². The lowest BCUT2D eigenvalue weighted by Gasteiger charge is -2.12. The molecule has 0 aliphatic heterocycles. The Labute approximate surface area is 153 Å². The number of aliphatic hydroxyl groups is 1. The van der Waals surface area contributed by atoms with Crippen LogP contribution in [0.4, 0.5) is 30.6 Å². The number of hydrogen-bond acceptors (Lipinski definition) is 6. The summed E-state index contributed by atoms with van der Waals surface area (Å²) in [6, 6.07) is 11.7. The molecule has 3 rings (SSSR count). The Kier molecular flexibility index (Phi) is 5.51. The topological polar surface area (TPSA) is 83.0 Å². The van der Waals surface area contributed by atoms with Crippen LogP contribution in [-0.4, -0.2) is 33.2 Å². The summed E-state index contributed by atoms with van der Waals surface area (Å²) in [7, 11) is 0. The SMILES string of the molecule is OCCNc1nc(Nc2cccc(C(F)(F)F)c2)cc(-c2ccccn2)n1. The van der Waals surface area contributed by atoms with Gasteiger partial charge in [-0.25, -0.2) is 4.98 Å². The number of nitrogens with one attached hydrogen (secondary N) is 2. The second-order valence-corrected chi connectivity index (χ2v) is 5.53. The fourth-order valence-electron chi connectivity index (χ4n) is 2.32. The Bertz CT molecular complexity index is 903. The van der Waals surface area contributed by atoms with Crippen LogP contribution in [0.2, 0.25) is 0 Å². The van der Waals surface area contributed by atoms with Gasteiger partial charge >= 0.3 is 6.18 Å². The van der Waals surface area contributed by atoms with Crippen LogP contribution in [-0.2, 0) is 6.18 Å². The zero-order chi connectivity index (χ0) is 19.3. The first-order chi connectivity index (χ1) is 13.0. The molecule has 140 valence electrons. The Hall–Kier alpha value is -3.20. The molecule has 0 bridgehead atoms. The standard InChI is InChI=1S/C18H16F3N5O/c19-18(20,21)12-4-3-5-13(10-12)24-16-11-15(14-6-1-2-7-22-14)25-17(26-16)23-8-9-27/h1-7,10-11,27H,8-9H2,(H2,23,24,25,26). The van der Waals surface area contributed by atoms with E-state index < -0.39 is 11.7 Å². The summed E-state index contributed by atoms with van der Waals surface area (Å²) in [6.45, 7) is 0.113. The third-order valence-corrected chi connectivity index (χ3v) is 3.51. The van der Waals surface area contributed by atoms with Crippen LogP contribution in [0.3, 0.4) is 0 Å². The van der Waals surface area contributed by atoms with E-state index in [0.29, 0.717) is 17.2 Å². The summed E-state index contributed by atoms with van der Waals surface area (Å²) in [5.74, 6) is 0.520. The lowest BCUT2D eigenvalue weighted by Crippen LogP contribution is -2.10. The molecule has 2 heterocycles. The molecule has 3 aromatic rings. The fourth-order valence-corrected chi connectivity index (χ4v) is 2.32. The van der Waals surface area contributed by atoms with E-state index >= 15 is 0 Å². The van der Waals surface area contributed by atoms with E-state index in [1.165, 1.54) is 12.1 Å². The maximum absolute atomic E-state index is 12.9. The molecule has 1 aromatic carbocycles. The normalized spacial score (nSPS) is 11.3. The molecular formula is C18H16F3N5O. The van der Waals surface area contributed by atoms with Crippen molar-refractivity contribution in [2.45, 2.75) is 6.18 Å². The molecule has 0 radical (unpaired) electrons. The minimum Gasteiger partial charge on any atom is -0.395 e. The summed E-state index contributed by atoms with van der Waals surface area (Å²) in [5.41, 5.74) is 0.549. The number of pyridine rings is 1. The molecule has 0 spiro atoms. The van der Waals surface area contributed by atoms with Gasteiger partial charge in [-0.1, -0.05) is 12.1 Å². The monoisotopic (exact) mass is 375 g/mol. The molecule has 0 fully saturated rings. The van der Waals surface area contributed by atoms with Gasteiger partial charge in [0.05, 0.1) is 23.6 Å². The molecule has 0 unspecified atom stereocenters. The van der Waals surface area contributed by atoms with Crippen molar-refractivity contribution < 1.29 is 18.3 Å². The fraction of sp³-hybridized carbons (Fsp3) is 0.167. The highest BCUT2D eigenvalue weighted by Gasteiger charge is 2.30. The van der Waals surface area contributed by atoms with Gasteiger partial charge in [0, 0.05) is 24.5 Å². The van der Waals surface area contributed by atoms with Crippen molar-refractivity contribution in [2.75, 3.05) is 23.8 Å². The average Bonchev–Trinajstić information content (AvgIpc) is 2.66. The number of nitrogens with zero attached hydrogens (tertiary/aromatic N) is 3. The third-order valence-electron chi connectivity index (χ3n) is 3.51. The number of alkyl halides is 3. The van der Waals surface area contributed by atoms with Crippen molar-refractivity contribution in [3.63, 3.8) is 0 Å². The van der Waals surface area contributed by atoms with Crippen molar-refractivity contribution >= 4 is 17.5 Å². The summed E-state index contributed by atoms with van der Waals surface area (Å²) in [5, 5.41) is 14.7. The van der Waals surface area contributed by atoms with E-state index in [4.69, 9.17) is 5.11 Å². The third kappa shape index (κ3) is 4.91. The zero-order valence-electron chi connectivity index (χ0n) is 14.0. The highest BCUT2D eigenvalue weighted by molar-refractivity contribution is 5.65. The van der Waals surface area contributed by atoms with Crippen molar-refractivity contribution in [2.24, 2.45) is 0 Å². The van der Waals surface area contributed by atoms with Gasteiger partial charge in [0.25, 0.3) is 0 Å². The Morgan fingerprint density at radius 1 is 0.963 bits per heavy atom. The molecule has 0 amide bonds. The number of benzene rings is 1. The second-order valence-electron chi connectivity index (χ2n) is 5.53. The molecule has 27 heavy (non-hydrogen) atoms. The number of rotatable bonds is 6. The number of anilines is 3. The quantitative estimate of drug-likeness (QED) is 0.609. The first-order valence-corrected chi connectivity index (χ1v) is 8.05. The molecule has 0 saturated heterocycles. The highest BCUT2D eigenvalue weighted by Crippen LogP contribution is 2.31. The Morgan fingerprint density at radius 2 is 1.81 bits per heavy atom. The van der Waals surface area contributed by atoms with Crippen LogP contribution in [0.15, 0.2) is 54.7 Å². The summed E-state index contributed by atoms with van der Waals surface area (Å²) in [4.78, 5) is 12.8. The largest absolute Gasteiger partial charge is 0.416 e. The van der Waals surface area contributed by atoms with Crippen molar-refractivity contribution in [3.8, 4) is 11.4 Å². The first kappa shape index (κ1) is 18.6. The predicted octanol–water partition coefficient (Wildman–Crippen LogP) is 3.71. The van der Waals surface area contributed by atoms with Crippen molar-refractivity contribution in [1.82, 2.24) is 15.0 Å². The van der Waals surface area contributed by atoms with E-state index in [9.17, 15) is 13.2 Å².